The molecule has 0 fully saturated rings. The number of rotatable bonds is 7. The molecular weight excluding hydrogens is 300 g/mol. The first-order valence-electron chi connectivity index (χ1n) is 8.40. The molecule has 0 radical (unpaired) electrons. The summed E-state index contributed by atoms with van der Waals surface area (Å²) < 4.78 is 0. The van der Waals surface area contributed by atoms with Gasteiger partial charge in [-0.15, -0.1) is 0 Å². The van der Waals surface area contributed by atoms with Crippen molar-refractivity contribution in [1.29, 1.82) is 0 Å². The summed E-state index contributed by atoms with van der Waals surface area (Å²) in [4.78, 5) is 20.2. The Bertz CT molecular complexity index is 624. The third-order valence-corrected chi connectivity index (χ3v) is 4.08. The van der Waals surface area contributed by atoms with E-state index in [0.717, 1.165) is 25.2 Å². The zero-order valence-corrected chi connectivity index (χ0v) is 14.7. The van der Waals surface area contributed by atoms with Crippen LogP contribution in [-0.2, 0) is 6.42 Å². The number of hydrogen-bond acceptors (Lipinski definition) is 3. The fraction of sp³-hybridized carbons (Fsp3) is 0.368. The number of benzene rings is 1. The van der Waals surface area contributed by atoms with Crippen molar-refractivity contribution in [3.8, 4) is 0 Å². The summed E-state index contributed by atoms with van der Waals surface area (Å²) in [5.74, 6) is 0. The van der Waals surface area contributed by atoms with E-state index in [0.29, 0.717) is 6.54 Å². The number of amides is 2. The molecular formula is C19H26N4O. The Kier molecular flexibility index (Phi) is 6.61. The Labute approximate surface area is 144 Å². The van der Waals surface area contributed by atoms with Gasteiger partial charge in [-0.2, -0.15) is 0 Å². The molecule has 0 saturated heterocycles. The standard InChI is InChI=1S/C19H26N4O/c1-4-23(5-2)18-8-6-17(7-9-18)21-19(24)22(3)15-12-16-10-13-20-14-11-16/h6-11,13-14H,4-5,12,15H2,1-3H3,(H,21,24). The van der Waals surface area contributed by atoms with Crippen LogP contribution in [-0.4, -0.2) is 42.6 Å². The van der Waals surface area contributed by atoms with Gasteiger partial charge in [0.15, 0.2) is 0 Å². The van der Waals surface area contributed by atoms with Crippen LogP contribution < -0.4 is 10.2 Å². The van der Waals surface area contributed by atoms with Gasteiger partial charge in [-0.3, -0.25) is 4.98 Å². The quantitative estimate of drug-likeness (QED) is 0.845. The lowest BCUT2D eigenvalue weighted by atomic mass is 10.2. The highest BCUT2D eigenvalue weighted by Crippen LogP contribution is 2.18. The van der Waals surface area contributed by atoms with E-state index in [2.05, 4.69) is 29.0 Å². The number of likely N-dealkylation sites (N-methyl/N-ethyl adjacent to an activating group) is 1. The van der Waals surface area contributed by atoms with Crippen molar-refractivity contribution in [3.05, 3.63) is 54.4 Å². The van der Waals surface area contributed by atoms with Crippen LogP contribution in [0.5, 0.6) is 0 Å². The lowest BCUT2D eigenvalue weighted by molar-refractivity contribution is 0.223. The van der Waals surface area contributed by atoms with Crippen LogP contribution in [0.3, 0.4) is 0 Å². The monoisotopic (exact) mass is 326 g/mol. The first-order valence-corrected chi connectivity index (χ1v) is 8.40. The van der Waals surface area contributed by atoms with E-state index >= 15 is 0 Å². The van der Waals surface area contributed by atoms with Crippen LogP contribution in [0, 0.1) is 0 Å². The SMILES string of the molecule is CCN(CC)c1ccc(NC(=O)N(C)CCc2ccncc2)cc1. The van der Waals surface area contributed by atoms with E-state index in [1.807, 2.05) is 36.4 Å². The Hall–Kier alpha value is -2.56. The van der Waals surface area contributed by atoms with Crippen LogP contribution >= 0.6 is 0 Å². The van der Waals surface area contributed by atoms with Gasteiger partial charge >= 0.3 is 6.03 Å². The zero-order valence-electron chi connectivity index (χ0n) is 14.7. The molecule has 5 heteroatoms. The number of aromatic nitrogens is 1. The van der Waals surface area contributed by atoms with Gasteiger partial charge in [-0.25, -0.2) is 4.79 Å². The van der Waals surface area contributed by atoms with Crippen molar-refractivity contribution in [2.75, 3.05) is 36.9 Å². The van der Waals surface area contributed by atoms with E-state index < -0.39 is 0 Å². The number of hydrogen-bond donors (Lipinski definition) is 1. The molecule has 2 aromatic rings. The maximum atomic E-state index is 12.3. The van der Waals surface area contributed by atoms with Crippen molar-refractivity contribution in [2.45, 2.75) is 20.3 Å². The van der Waals surface area contributed by atoms with E-state index in [4.69, 9.17) is 0 Å². The van der Waals surface area contributed by atoms with E-state index in [9.17, 15) is 4.79 Å². The molecule has 128 valence electrons. The topological polar surface area (TPSA) is 48.5 Å². The first-order chi connectivity index (χ1) is 11.6. The highest BCUT2D eigenvalue weighted by Gasteiger charge is 2.09. The number of nitrogens with zero attached hydrogens (tertiary/aromatic N) is 3. The van der Waals surface area contributed by atoms with Gasteiger partial charge < -0.3 is 15.1 Å². The van der Waals surface area contributed by atoms with E-state index in [1.54, 1.807) is 24.3 Å². The lowest BCUT2D eigenvalue weighted by Crippen LogP contribution is -2.33. The molecule has 24 heavy (non-hydrogen) atoms. The molecule has 0 bridgehead atoms. The van der Waals surface area contributed by atoms with Crippen LogP contribution in [0.2, 0.25) is 0 Å². The third-order valence-electron chi connectivity index (χ3n) is 4.08. The molecule has 5 nitrogen and oxygen atoms in total. The number of carbonyl (C=O) groups excluding carboxylic acids is 1. The number of anilines is 2. The van der Waals surface area contributed by atoms with Crippen molar-refractivity contribution in [3.63, 3.8) is 0 Å². The normalized spacial score (nSPS) is 10.3. The van der Waals surface area contributed by atoms with Crippen LogP contribution in [0.1, 0.15) is 19.4 Å². The average molecular weight is 326 g/mol. The predicted octanol–water partition coefficient (Wildman–Crippen LogP) is 3.63. The molecule has 0 aliphatic rings. The minimum atomic E-state index is -0.0976. The van der Waals surface area contributed by atoms with Gasteiger partial charge in [-0.05, 0) is 62.2 Å². The molecule has 1 heterocycles. The summed E-state index contributed by atoms with van der Waals surface area (Å²) in [6.07, 6.45) is 4.35. The summed E-state index contributed by atoms with van der Waals surface area (Å²) in [7, 11) is 1.81. The van der Waals surface area contributed by atoms with Crippen LogP contribution in [0.25, 0.3) is 0 Å². The fourth-order valence-electron chi connectivity index (χ4n) is 2.51. The predicted molar refractivity (Wildman–Crippen MR) is 99.6 cm³/mol. The highest BCUT2D eigenvalue weighted by molar-refractivity contribution is 5.89. The second-order valence-corrected chi connectivity index (χ2v) is 5.68. The Morgan fingerprint density at radius 2 is 1.67 bits per heavy atom. The van der Waals surface area contributed by atoms with Gasteiger partial charge in [0.1, 0.15) is 0 Å². The fourth-order valence-corrected chi connectivity index (χ4v) is 2.51. The largest absolute Gasteiger partial charge is 0.372 e. The van der Waals surface area contributed by atoms with Crippen LogP contribution in [0.4, 0.5) is 16.2 Å². The Balaban J connectivity index is 1.86. The maximum Gasteiger partial charge on any atom is 0.321 e. The number of urea groups is 1. The molecule has 0 atom stereocenters. The number of carbonyl (C=O) groups is 1. The molecule has 0 aliphatic carbocycles. The molecule has 2 amide bonds. The van der Waals surface area contributed by atoms with Crippen molar-refractivity contribution < 1.29 is 4.79 Å². The van der Waals surface area contributed by atoms with Crippen molar-refractivity contribution in [2.24, 2.45) is 0 Å². The molecule has 0 spiro atoms. The summed E-state index contributed by atoms with van der Waals surface area (Å²) in [5.41, 5.74) is 3.16. The Morgan fingerprint density at radius 3 is 2.25 bits per heavy atom. The molecule has 1 aromatic carbocycles. The minimum absolute atomic E-state index is 0.0976. The number of pyridine rings is 1. The molecule has 0 saturated carbocycles. The molecule has 1 aromatic heterocycles. The second kappa shape index (κ2) is 8.91. The summed E-state index contributed by atoms with van der Waals surface area (Å²) in [6.45, 7) is 6.88. The smallest absolute Gasteiger partial charge is 0.321 e. The van der Waals surface area contributed by atoms with Crippen molar-refractivity contribution in [1.82, 2.24) is 9.88 Å². The van der Waals surface area contributed by atoms with Crippen LogP contribution in [0.15, 0.2) is 48.8 Å². The maximum absolute atomic E-state index is 12.3. The van der Waals surface area contributed by atoms with E-state index in [-0.39, 0.29) is 6.03 Å². The van der Waals surface area contributed by atoms with Crippen molar-refractivity contribution >= 4 is 17.4 Å². The average Bonchev–Trinajstić information content (AvgIpc) is 2.63. The summed E-state index contributed by atoms with van der Waals surface area (Å²) in [6, 6.07) is 11.8. The molecule has 1 N–H and O–H groups in total. The second-order valence-electron chi connectivity index (χ2n) is 5.68. The van der Waals surface area contributed by atoms with Gasteiger partial charge in [0.2, 0.25) is 0 Å². The van der Waals surface area contributed by atoms with Gasteiger partial charge in [-0.1, -0.05) is 0 Å². The van der Waals surface area contributed by atoms with Gasteiger partial charge in [0.05, 0.1) is 0 Å². The zero-order chi connectivity index (χ0) is 17.4. The molecule has 0 aliphatic heterocycles. The van der Waals surface area contributed by atoms with Gasteiger partial charge in [0.25, 0.3) is 0 Å². The molecule has 2 rings (SSSR count). The third kappa shape index (κ3) is 4.98. The van der Waals surface area contributed by atoms with E-state index in [1.165, 1.54) is 11.3 Å². The molecule has 0 unspecified atom stereocenters. The lowest BCUT2D eigenvalue weighted by Gasteiger charge is -2.22. The number of nitrogens with one attached hydrogen (secondary N) is 1. The summed E-state index contributed by atoms with van der Waals surface area (Å²) in [5, 5.41) is 2.94. The minimum Gasteiger partial charge on any atom is -0.372 e. The Morgan fingerprint density at radius 1 is 1.04 bits per heavy atom. The van der Waals surface area contributed by atoms with Gasteiger partial charge in [0, 0.05) is 50.5 Å². The first kappa shape index (κ1) is 17.8. The summed E-state index contributed by atoms with van der Waals surface area (Å²) >= 11 is 0. The highest BCUT2D eigenvalue weighted by atomic mass is 16.2.